The first-order valence-corrected chi connectivity index (χ1v) is 8.45. The summed E-state index contributed by atoms with van der Waals surface area (Å²) in [5.41, 5.74) is 2.93. The van der Waals surface area contributed by atoms with Gasteiger partial charge in [0.2, 0.25) is 0 Å². The fourth-order valence-corrected chi connectivity index (χ4v) is 2.25. The maximum Gasteiger partial charge on any atom is 0.341 e. The van der Waals surface area contributed by atoms with Gasteiger partial charge in [0.05, 0.1) is 11.2 Å². The molecule has 0 aliphatic rings. The Bertz CT molecular complexity index is 811. The van der Waals surface area contributed by atoms with Gasteiger partial charge in [-0.25, -0.2) is 10.2 Å². The summed E-state index contributed by atoms with van der Waals surface area (Å²) >= 11 is 9.30. The molecule has 2 rings (SSSR count). The first kappa shape index (κ1) is 19.7. The lowest BCUT2D eigenvalue weighted by Crippen LogP contribution is -2.24. The van der Waals surface area contributed by atoms with Crippen molar-refractivity contribution in [3.63, 3.8) is 0 Å². The lowest BCUT2D eigenvalue weighted by atomic mass is 10.2. The maximum absolute atomic E-state index is 11.7. The van der Waals surface area contributed by atoms with Crippen molar-refractivity contribution < 1.29 is 24.2 Å². The standard InChI is InChI=1S/C17H14BrClN2O5/c18-12-2-4-13(5-3-12)25-9-16(22)21-20-8-11-1-6-15(14(19)7-11)26-10-17(23)24/h1-8H,9-10H2,(H,21,22)(H,23,24)/b20-8-. The molecule has 0 bridgehead atoms. The van der Waals surface area contributed by atoms with E-state index in [1.54, 1.807) is 30.3 Å². The number of halogens is 2. The minimum Gasteiger partial charge on any atom is -0.484 e. The highest BCUT2D eigenvalue weighted by molar-refractivity contribution is 9.10. The van der Waals surface area contributed by atoms with Crippen LogP contribution in [0.4, 0.5) is 0 Å². The number of rotatable bonds is 8. The molecular formula is C17H14BrClN2O5. The molecule has 1 amide bonds. The van der Waals surface area contributed by atoms with Gasteiger partial charge in [0.1, 0.15) is 11.5 Å². The highest BCUT2D eigenvalue weighted by Gasteiger charge is 2.05. The van der Waals surface area contributed by atoms with E-state index in [-0.39, 0.29) is 17.4 Å². The van der Waals surface area contributed by atoms with E-state index in [1.165, 1.54) is 18.3 Å². The van der Waals surface area contributed by atoms with Gasteiger partial charge in [0.15, 0.2) is 13.2 Å². The van der Waals surface area contributed by atoms with Crippen LogP contribution in [-0.4, -0.2) is 36.4 Å². The summed E-state index contributed by atoms with van der Waals surface area (Å²) in [6.07, 6.45) is 1.39. The Kier molecular flexibility index (Phi) is 7.43. The third-order valence-corrected chi connectivity index (χ3v) is 3.72. The van der Waals surface area contributed by atoms with Gasteiger partial charge in [-0.15, -0.1) is 0 Å². The molecule has 0 aliphatic carbocycles. The van der Waals surface area contributed by atoms with Gasteiger partial charge in [-0.2, -0.15) is 5.10 Å². The van der Waals surface area contributed by atoms with E-state index < -0.39 is 18.5 Å². The maximum atomic E-state index is 11.7. The van der Waals surface area contributed by atoms with Gasteiger partial charge in [0.25, 0.3) is 5.91 Å². The quantitative estimate of drug-likeness (QED) is 0.485. The van der Waals surface area contributed by atoms with Gasteiger partial charge >= 0.3 is 5.97 Å². The molecule has 7 nitrogen and oxygen atoms in total. The molecule has 9 heteroatoms. The Morgan fingerprint density at radius 1 is 1.15 bits per heavy atom. The van der Waals surface area contributed by atoms with E-state index in [9.17, 15) is 9.59 Å². The monoisotopic (exact) mass is 440 g/mol. The molecule has 136 valence electrons. The van der Waals surface area contributed by atoms with Crippen molar-refractivity contribution in [1.82, 2.24) is 5.43 Å². The summed E-state index contributed by atoms with van der Waals surface area (Å²) < 4.78 is 11.2. The molecule has 26 heavy (non-hydrogen) atoms. The Balaban J connectivity index is 1.81. The zero-order valence-corrected chi connectivity index (χ0v) is 15.7. The minimum atomic E-state index is -1.10. The van der Waals surface area contributed by atoms with Crippen molar-refractivity contribution >= 4 is 45.6 Å². The summed E-state index contributed by atoms with van der Waals surface area (Å²) in [5, 5.41) is 12.6. The molecule has 0 radical (unpaired) electrons. The van der Waals surface area contributed by atoms with Crippen molar-refractivity contribution in [2.24, 2.45) is 5.10 Å². The minimum absolute atomic E-state index is 0.179. The summed E-state index contributed by atoms with van der Waals surface area (Å²) in [6, 6.07) is 11.8. The number of hydrogen-bond donors (Lipinski definition) is 2. The number of nitrogens with one attached hydrogen (secondary N) is 1. The number of hydrogen-bond acceptors (Lipinski definition) is 5. The van der Waals surface area contributed by atoms with E-state index >= 15 is 0 Å². The highest BCUT2D eigenvalue weighted by atomic mass is 79.9. The molecule has 0 aromatic heterocycles. The van der Waals surface area contributed by atoms with E-state index in [4.69, 9.17) is 26.2 Å². The number of aliphatic carboxylic acids is 1. The Morgan fingerprint density at radius 2 is 1.88 bits per heavy atom. The number of carboxylic acid groups (broad SMARTS) is 1. The van der Waals surface area contributed by atoms with Crippen LogP contribution < -0.4 is 14.9 Å². The molecule has 0 saturated heterocycles. The number of carbonyl (C=O) groups is 2. The third-order valence-electron chi connectivity index (χ3n) is 2.89. The lowest BCUT2D eigenvalue weighted by molar-refractivity contribution is -0.139. The predicted molar refractivity (Wildman–Crippen MR) is 100.0 cm³/mol. The summed E-state index contributed by atoms with van der Waals surface area (Å²) in [5.74, 6) is -0.703. The summed E-state index contributed by atoms with van der Waals surface area (Å²) in [4.78, 5) is 22.2. The molecule has 0 spiro atoms. The Morgan fingerprint density at radius 3 is 2.54 bits per heavy atom. The number of carboxylic acids is 1. The first-order valence-electron chi connectivity index (χ1n) is 7.28. The third kappa shape index (κ3) is 6.73. The Labute approximate surface area is 162 Å². The van der Waals surface area contributed by atoms with Crippen molar-refractivity contribution in [1.29, 1.82) is 0 Å². The van der Waals surface area contributed by atoms with Gasteiger partial charge in [-0.1, -0.05) is 27.5 Å². The van der Waals surface area contributed by atoms with E-state index in [1.807, 2.05) is 0 Å². The van der Waals surface area contributed by atoms with Crippen molar-refractivity contribution in [2.45, 2.75) is 0 Å². The zero-order chi connectivity index (χ0) is 18.9. The van der Waals surface area contributed by atoms with E-state index in [0.29, 0.717) is 11.3 Å². The second-order valence-electron chi connectivity index (χ2n) is 4.91. The van der Waals surface area contributed by atoms with Crippen molar-refractivity contribution in [2.75, 3.05) is 13.2 Å². The number of carbonyl (C=O) groups excluding carboxylic acids is 1. The highest BCUT2D eigenvalue weighted by Crippen LogP contribution is 2.24. The van der Waals surface area contributed by atoms with Crippen LogP contribution in [0.5, 0.6) is 11.5 Å². The fraction of sp³-hybridized carbons (Fsp3) is 0.118. The molecule has 0 unspecified atom stereocenters. The smallest absolute Gasteiger partial charge is 0.341 e. The molecule has 0 heterocycles. The second kappa shape index (κ2) is 9.79. The molecule has 2 N–H and O–H groups in total. The molecule has 2 aromatic rings. The van der Waals surface area contributed by atoms with Gasteiger partial charge in [0, 0.05) is 4.47 Å². The van der Waals surface area contributed by atoms with Gasteiger partial charge in [-0.05, 0) is 48.0 Å². The predicted octanol–water partition coefficient (Wildman–Crippen LogP) is 3.10. The molecule has 0 fully saturated rings. The molecule has 2 aromatic carbocycles. The average Bonchev–Trinajstić information content (AvgIpc) is 2.60. The second-order valence-corrected chi connectivity index (χ2v) is 6.23. The van der Waals surface area contributed by atoms with Crippen molar-refractivity contribution in [3.8, 4) is 11.5 Å². The van der Waals surface area contributed by atoms with Crippen LogP contribution in [0.2, 0.25) is 5.02 Å². The van der Waals surface area contributed by atoms with Crippen LogP contribution >= 0.6 is 27.5 Å². The molecule has 0 aliphatic heterocycles. The molecular weight excluding hydrogens is 428 g/mol. The van der Waals surface area contributed by atoms with Crippen LogP contribution in [0.25, 0.3) is 0 Å². The summed E-state index contributed by atoms with van der Waals surface area (Å²) in [7, 11) is 0. The molecule has 0 atom stereocenters. The van der Waals surface area contributed by atoms with Gasteiger partial charge in [-0.3, -0.25) is 4.79 Å². The van der Waals surface area contributed by atoms with E-state index in [0.717, 1.165) is 4.47 Å². The summed E-state index contributed by atoms with van der Waals surface area (Å²) in [6.45, 7) is -0.663. The molecule has 0 saturated carbocycles. The number of hydrazone groups is 1. The number of benzene rings is 2. The van der Waals surface area contributed by atoms with Crippen LogP contribution in [0, 0.1) is 0 Å². The van der Waals surface area contributed by atoms with Crippen LogP contribution in [0.15, 0.2) is 52.0 Å². The van der Waals surface area contributed by atoms with Crippen LogP contribution in [-0.2, 0) is 9.59 Å². The lowest BCUT2D eigenvalue weighted by Gasteiger charge is -2.06. The van der Waals surface area contributed by atoms with Gasteiger partial charge < -0.3 is 14.6 Å². The fourth-order valence-electron chi connectivity index (χ4n) is 1.74. The number of amides is 1. The SMILES string of the molecule is O=C(O)COc1ccc(/C=N\NC(=O)COc2ccc(Br)cc2)cc1Cl. The zero-order valence-electron chi connectivity index (χ0n) is 13.3. The van der Waals surface area contributed by atoms with Crippen LogP contribution in [0.1, 0.15) is 5.56 Å². The van der Waals surface area contributed by atoms with Crippen LogP contribution in [0.3, 0.4) is 0 Å². The number of ether oxygens (including phenoxy) is 2. The normalized spacial score (nSPS) is 10.5. The first-order chi connectivity index (χ1) is 12.4. The average molecular weight is 442 g/mol. The Hall–Kier alpha value is -2.58. The topological polar surface area (TPSA) is 97.2 Å². The van der Waals surface area contributed by atoms with E-state index in [2.05, 4.69) is 26.5 Å². The largest absolute Gasteiger partial charge is 0.484 e. The number of nitrogens with zero attached hydrogens (tertiary/aromatic N) is 1. The van der Waals surface area contributed by atoms with Crippen molar-refractivity contribution in [3.05, 3.63) is 57.5 Å².